The Balaban J connectivity index is 4.48. The third-order valence-corrected chi connectivity index (χ3v) is 1.27. The van der Waals surface area contributed by atoms with Crippen molar-refractivity contribution in [2.75, 3.05) is 19.8 Å². The highest BCUT2D eigenvalue weighted by Gasteiger charge is 2.42. The largest absolute Gasteiger partial charge is 0.475 e. The highest BCUT2D eigenvalue weighted by Crippen LogP contribution is 2.15. The van der Waals surface area contributed by atoms with E-state index in [2.05, 4.69) is 0 Å². The monoisotopic (exact) mass is 192 g/mol. The van der Waals surface area contributed by atoms with E-state index in [4.69, 9.17) is 19.3 Å². The highest BCUT2D eigenvalue weighted by molar-refractivity contribution is 5.73. The zero-order chi connectivity index (χ0) is 10.3. The van der Waals surface area contributed by atoms with Gasteiger partial charge in [-0.25, -0.2) is 4.79 Å². The number of aliphatic carboxylic acids is 1. The molecule has 0 heterocycles. The summed E-state index contributed by atoms with van der Waals surface area (Å²) in [6.45, 7) is 5.67. The Morgan fingerprint density at radius 2 is 1.38 bits per heavy atom. The Labute approximate surface area is 77.6 Å². The molecule has 5 heteroatoms. The minimum atomic E-state index is -1.93. The number of hydrogen-bond acceptors (Lipinski definition) is 4. The summed E-state index contributed by atoms with van der Waals surface area (Å²) < 4.78 is 14.8. The first-order chi connectivity index (χ1) is 6.13. The molecule has 0 rings (SSSR count). The van der Waals surface area contributed by atoms with Crippen LogP contribution in [0, 0.1) is 0 Å². The van der Waals surface area contributed by atoms with Gasteiger partial charge in [0.1, 0.15) is 0 Å². The minimum Gasteiger partial charge on any atom is -0.475 e. The number of hydrogen-bond donors (Lipinski definition) is 1. The van der Waals surface area contributed by atoms with Crippen molar-refractivity contribution < 1.29 is 24.1 Å². The first-order valence-electron chi connectivity index (χ1n) is 4.28. The second-order valence-electron chi connectivity index (χ2n) is 2.16. The van der Waals surface area contributed by atoms with Crippen LogP contribution in [-0.2, 0) is 19.0 Å². The van der Waals surface area contributed by atoms with Gasteiger partial charge in [0.15, 0.2) is 0 Å². The van der Waals surface area contributed by atoms with Crippen molar-refractivity contribution >= 4 is 5.97 Å². The van der Waals surface area contributed by atoms with Crippen LogP contribution in [0.5, 0.6) is 0 Å². The Morgan fingerprint density at radius 3 is 1.54 bits per heavy atom. The Bertz CT molecular complexity index is 140. The van der Waals surface area contributed by atoms with Crippen molar-refractivity contribution in [1.29, 1.82) is 0 Å². The third kappa shape index (κ3) is 3.30. The summed E-state index contributed by atoms with van der Waals surface area (Å²) >= 11 is 0. The summed E-state index contributed by atoms with van der Waals surface area (Å²) in [6.07, 6.45) is 0. The number of carboxylic acids is 1. The smallest absolute Gasteiger partial charge is 0.395 e. The van der Waals surface area contributed by atoms with E-state index in [0.717, 1.165) is 0 Å². The Kier molecular flexibility index (Phi) is 5.61. The van der Waals surface area contributed by atoms with Crippen molar-refractivity contribution in [1.82, 2.24) is 0 Å². The van der Waals surface area contributed by atoms with Crippen molar-refractivity contribution in [2.24, 2.45) is 0 Å². The van der Waals surface area contributed by atoms with Crippen LogP contribution in [0.15, 0.2) is 0 Å². The lowest BCUT2D eigenvalue weighted by molar-refractivity contribution is -0.358. The lowest BCUT2D eigenvalue weighted by Gasteiger charge is -2.27. The molecular weight excluding hydrogens is 176 g/mol. The summed E-state index contributed by atoms with van der Waals surface area (Å²) in [5, 5.41) is 8.84. The van der Waals surface area contributed by atoms with Gasteiger partial charge in [-0.1, -0.05) is 0 Å². The van der Waals surface area contributed by atoms with Crippen LogP contribution in [0.3, 0.4) is 0 Å². The molecule has 5 nitrogen and oxygen atoms in total. The summed E-state index contributed by atoms with van der Waals surface area (Å²) in [5.41, 5.74) is 0. The molecule has 0 saturated heterocycles. The fourth-order valence-corrected chi connectivity index (χ4v) is 0.880. The van der Waals surface area contributed by atoms with Gasteiger partial charge in [-0.2, -0.15) is 0 Å². The van der Waals surface area contributed by atoms with Gasteiger partial charge in [0.2, 0.25) is 0 Å². The van der Waals surface area contributed by atoms with Gasteiger partial charge in [-0.15, -0.1) is 0 Å². The number of ether oxygens (including phenoxy) is 3. The maximum atomic E-state index is 10.8. The van der Waals surface area contributed by atoms with Crippen LogP contribution in [-0.4, -0.2) is 36.9 Å². The fraction of sp³-hybridized carbons (Fsp3) is 0.875. The zero-order valence-corrected chi connectivity index (χ0v) is 8.20. The molecule has 0 aromatic heterocycles. The van der Waals surface area contributed by atoms with Gasteiger partial charge >= 0.3 is 11.9 Å². The molecule has 0 saturated carbocycles. The molecule has 0 fully saturated rings. The van der Waals surface area contributed by atoms with Crippen LogP contribution < -0.4 is 0 Å². The maximum Gasteiger partial charge on any atom is 0.395 e. The second kappa shape index (κ2) is 5.90. The summed E-state index contributed by atoms with van der Waals surface area (Å²) in [5.74, 6) is -3.20. The van der Waals surface area contributed by atoms with Gasteiger partial charge in [-0.05, 0) is 20.8 Å². The molecule has 1 N–H and O–H groups in total. The second-order valence-corrected chi connectivity index (χ2v) is 2.16. The number of rotatable bonds is 7. The first-order valence-corrected chi connectivity index (χ1v) is 4.28. The first kappa shape index (κ1) is 12.3. The summed E-state index contributed by atoms with van der Waals surface area (Å²) in [4.78, 5) is 10.8. The van der Waals surface area contributed by atoms with E-state index in [-0.39, 0.29) is 19.8 Å². The average Bonchev–Trinajstić information content (AvgIpc) is 2.05. The topological polar surface area (TPSA) is 65.0 Å². The molecule has 78 valence electrons. The summed E-state index contributed by atoms with van der Waals surface area (Å²) in [7, 11) is 0. The third-order valence-electron chi connectivity index (χ3n) is 1.27. The summed E-state index contributed by atoms with van der Waals surface area (Å²) in [6, 6.07) is 0. The van der Waals surface area contributed by atoms with Crippen LogP contribution >= 0.6 is 0 Å². The van der Waals surface area contributed by atoms with Crippen molar-refractivity contribution in [3.05, 3.63) is 0 Å². The van der Waals surface area contributed by atoms with E-state index < -0.39 is 11.9 Å². The number of carbonyl (C=O) groups is 1. The standard InChI is InChI=1S/C8H16O5/c1-4-11-8(7(9)10,12-5-2)13-6-3/h4-6H2,1-3H3,(H,9,10). The average molecular weight is 192 g/mol. The highest BCUT2D eigenvalue weighted by atomic mass is 16.9. The van der Waals surface area contributed by atoms with E-state index in [1.54, 1.807) is 20.8 Å². The normalized spacial score (nSPS) is 11.6. The molecule has 0 aromatic rings. The molecule has 0 bridgehead atoms. The van der Waals surface area contributed by atoms with Crippen LogP contribution in [0.4, 0.5) is 0 Å². The fourth-order valence-electron chi connectivity index (χ4n) is 0.880. The molecule has 0 aliphatic rings. The predicted octanol–water partition coefficient (Wildman–Crippen LogP) is 0.834. The quantitative estimate of drug-likeness (QED) is 0.605. The number of carboxylic acid groups (broad SMARTS) is 1. The van der Waals surface area contributed by atoms with Gasteiger partial charge in [0, 0.05) is 0 Å². The Morgan fingerprint density at radius 1 is 1.08 bits per heavy atom. The molecule has 0 aliphatic carbocycles. The lowest BCUT2D eigenvalue weighted by atomic mass is 10.5. The van der Waals surface area contributed by atoms with E-state index in [9.17, 15) is 4.79 Å². The molecule has 13 heavy (non-hydrogen) atoms. The lowest BCUT2D eigenvalue weighted by Crippen LogP contribution is -2.47. The van der Waals surface area contributed by atoms with Crippen LogP contribution in [0.1, 0.15) is 20.8 Å². The molecule has 0 aliphatic heterocycles. The maximum absolute atomic E-state index is 10.8. The molecule has 0 radical (unpaired) electrons. The van der Waals surface area contributed by atoms with Crippen molar-refractivity contribution in [2.45, 2.75) is 26.7 Å². The van der Waals surface area contributed by atoms with Crippen LogP contribution in [0.25, 0.3) is 0 Å². The van der Waals surface area contributed by atoms with Gasteiger partial charge < -0.3 is 19.3 Å². The van der Waals surface area contributed by atoms with Crippen molar-refractivity contribution in [3.63, 3.8) is 0 Å². The van der Waals surface area contributed by atoms with Gasteiger partial charge in [0.25, 0.3) is 0 Å². The Hall–Kier alpha value is -0.650. The van der Waals surface area contributed by atoms with E-state index >= 15 is 0 Å². The molecule has 0 amide bonds. The van der Waals surface area contributed by atoms with Crippen molar-refractivity contribution in [3.8, 4) is 0 Å². The molecule has 0 unspecified atom stereocenters. The predicted molar refractivity (Wildman–Crippen MR) is 45.2 cm³/mol. The van der Waals surface area contributed by atoms with Gasteiger partial charge in [0.05, 0.1) is 19.8 Å². The van der Waals surface area contributed by atoms with E-state index in [1.807, 2.05) is 0 Å². The molecule has 0 atom stereocenters. The molecule has 0 aromatic carbocycles. The van der Waals surface area contributed by atoms with E-state index in [0.29, 0.717) is 0 Å². The van der Waals surface area contributed by atoms with E-state index in [1.165, 1.54) is 0 Å². The molecular formula is C8H16O5. The van der Waals surface area contributed by atoms with Crippen LogP contribution in [0.2, 0.25) is 0 Å². The van der Waals surface area contributed by atoms with Gasteiger partial charge in [-0.3, -0.25) is 0 Å². The molecule has 0 spiro atoms. The minimum absolute atomic E-state index is 0.215. The SMILES string of the molecule is CCOC(OCC)(OCC)C(=O)O. The zero-order valence-electron chi connectivity index (χ0n) is 8.20.